The van der Waals surface area contributed by atoms with Gasteiger partial charge in [-0.3, -0.25) is 9.59 Å². The van der Waals surface area contributed by atoms with E-state index >= 15 is 0 Å². The first-order valence-electron chi connectivity index (χ1n) is 11.3. The molecule has 0 aromatic heterocycles. The zero-order valence-electron chi connectivity index (χ0n) is 19.4. The van der Waals surface area contributed by atoms with Gasteiger partial charge in [-0.05, 0) is 34.1 Å². The zero-order chi connectivity index (χ0) is 24.0. The van der Waals surface area contributed by atoms with E-state index in [1.165, 1.54) is 0 Å². The highest BCUT2D eigenvalue weighted by atomic mass is 16.5. The van der Waals surface area contributed by atoms with Gasteiger partial charge < -0.3 is 20.5 Å². The molecular weight excluding hydrogens is 420 g/mol. The van der Waals surface area contributed by atoms with Crippen molar-refractivity contribution in [3.63, 3.8) is 0 Å². The van der Waals surface area contributed by atoms with Crippen LogP contribution in [0.4, 0.5) is 4.79 Å². The highest BCUT2D eigenvalue weighted by Gasteiger charge is 2.30. The molecule has 7 nitrogen and oxygen atoms in total. The van der Waals surface area contributed by atoms with Crippen molar-refractivity contribution in [3.05, 3.63) is 59.7 Å². The van der Waals surface area contributed by atoms with E-state index in [4.69, 9.17) is 9.84 Å². The molecule has 2 amide bonds. The van der Waals surface area contributed by atoms with Gasteiger partial charge in [-0.2, -0.15) is 0 Å². The van der Waals surface area contributed by atoms with Crippen LogP contribution in [0.25, 0.3) is 11.1 Å². The summed E-state index contributed by atoms with van der Waals surface area (Å²) in [5, 5.41) is 14.5. The minimum absolute atomic E-state index is 0.0570. The summed E-state index contributed by atoms with van der Waals surface area (Å²) in [6.07, 6.45) is 0.441. The number of aliphatic carboxylic acids is 1. The predicted octanol–water partition coefficient (Wildman–Crippen LogP) is 4.31. The van der Waals surface area contributed by atoms with Crippen molar-refractivity contribution in [1.29, 1.82) is 0 Å². The number of benzene rings is 2. The molecule has 1 unspecified atom stereocenters. The second-order valence-electron chi connectivity index (χ2n) is 9.26. The van der Waals surface area contributed by atoms with E-state index in [-0.39, 0.29) is 31.4 Å². The van der Waals surface area contributed by atoms with Crippen molar-refractivity contribution in [2.24, 2.45) is 5.41 Å². The molecule has 0 saturated carbocycles. The summed E-state index contributed by atoms with van der Waals surface area (Å²) in [5.74, 6) is -1.32. The van der Waals surface area contributed by atoms with Crippen LogP contribution in [0.1, 0.15) is 57.1 Å². The maximum Gasteiger partial charge on any atom is 0.407 e. The smallest absolute Gasteiger partial charge is 0.407 e. The molecule has 3 rings (SSSR count). The summed E-state index contributed by atoms with van der Waals surface area (Å²) in [7, 11) is 0. The number of ether oxygens (including phenoxy) is 1. The van der Waals surface area contributed by atoms with Crippen molar-refractivity contribution in [1.82, 2.24) is 10.6 Å². The number of carboxylic acids is 1. The number of amides is 2. The summed E-state index contributed by atoms with van der Waals surface area (Å²) in [6.45, 7) is 5.84. The lowest BCUT2D eigenvalue weighted by molar-refractivity contribution is -0.139. The number of hydrogen-bond donors (Lipinski definition) is 3. The first-order valence-corrected chi connectivity index (χ1v) is 11.3. The Kier molecular flexibility index (Phi) is 7.74. The molecule has 0 fully saturated rings. The minimum atomic E-state index is -0.920. The average Bonchev–Trinajstić information content (AvgIpc) is 3.09. The third kappa shape index (κ3) is 6.12. The predicted molar refractivity (Wildman–Crippen MR) is 126 cm³/mol. The van der Waals surface area contributed by atoms with Crippen LogP contribution in [0.15, 0.2) is 48.5 Å². The second-order valence-corrected chi connectivity index (χ2v) is 9.26. The second kappa shape index (κ2) is 10.5. The van der Waals surface area contributed by atoms with E-state index in [2.05, 4.69) is 22.8 Å². The van der Waals surface area contributed by atoms with E-state index in [1.54, 1.807) is 13.8 Å². The van der Waals surface area contributed by atoms with Crippen LogP contribution in [-0.4, -0.2) is 42.3 Å². The van der Waals surface area contributed by atoms with Gasteiger partial charge in [0.1, 0.15) is 12.6 Å². The van der Waals surface area contributed by atoms with Crippen molar-refractivity contribution in [2.45, 2.75) is 52.0 Å². The minimum Gasteiger partial charge on any atom is -0.481 e. The Hall–Kier alpha value is -3.35. The van der Waals surface area contributed by atoms with Crippen molar-refractivity contribution in [2.75, 3.05) is 13.2 Å². The fourth-order valence-electron chi connectivity index (χ4n) is 4.26. The van der Waals surface area contributed by atoms with Crippen LogP contribution in [0.2, 0.25) is 0 Å². The molecular formula is C26H32N2O5. The van der Waals surface area contributed by atoms with E-state index < -0.39 is 23.5 Å². The molecule has 2 aromatic rings. The molecule has 0 radical (unpaired) electrons. The molecule has 0 bridgehead atoms. The van der Waals surface area contributed by atoms with Gasteiger partial charge in [-0.15, -0.1) is 0 Å². The first-order chi connectivity index (χ1) is 15.7. The van der Waals surface area contributed by atoms with Gasteiger partial charge in [0, 0.05) is 12.5 Å². The highest BCUT2D eigenvalue weighted by molar-refractivity contribution is 5.85. The van der Waals surface area contributed by atoms with Crippen LogP contribution in [0.5, 0.6) is 0 Å². The summed E-state index contributed by atoms with van der Waals surface area (Å²) in [5.41, 5.74) is 3.94. The van der Waals surface area contributed by atoms with Crippen molar-refractivity contribution in [3.8, 4) is 11.1 Å². The average molecular weight is 453 g/mol. The molecule has 1 aliphatic carbocycles. The monoisotopic (exact) mass is 452 g/mol. The third-order valence-electron chi connectivity index (χ3n) is 5.90. The summed E-state index contributed by atoms with van der Waals surface area (Å²) < 4.78 is 5.56. The molecule has 0 aliphatic heterocycles. The van der Waals surface area contributed by atoms with Gasteiger partial charge in [0.15, 0.2) is 0 Å². The topological polar surface area (TPSA) is 105 Å². The van der Waals surface area contributed by atoms with Gasteiger partial charge in [0.2, 0.25) is 5.91 Å². The molecule has 0 spiro atoms. The van der Waals surface area contributed by atoms with Gasteiger partial charge in [0.05, 0.1) is 6.42 Å². The van der Waals surface area contributed by atoms with Crippen molar-refractivity contribution >= 4 is 18.0 Å². The van der Waals surface area contributed by atoms with E-state index in [0.717, 1.165) is 22.3 Å². The Labute approximate surface area is 194 Å². The molecule has 2 aromatic carbocycles. The molecule has 33 heavy (non-hydrogen) atoms. The molecule has 0 heterocycles. The number of alkyl carbamates (subject to hydrolysis) is 1. The summed E-state index contributed by atoms with van der Waals surface area (Å²) in [6, 6.07) is 15.4. The summed E-state index contributed by atoms with van der Waals surface area (Å²) >= 11 is 0. The summed E-state index contributed by atoms with van der Waals surface area (Å²) in [4.78, 5) is 36.2. The largest absolute Gasteiger partial charge is 0.481 e. The maximum atomic E-state index is 12.7. The van der Waals surface area contributed by atoms with Gasteiger partial charge >= 0.3 is 12.1 Å². The normalized spacial score (nSPS) is 13.5. The zero-order valence-corrected chi connectivity index (χ0v) is 19.4. The van der Waals surface area contributed by atoms with Crippen LogP contribution in [0.3, 0.4) is 0 Å². The highest BCUT2D eigenvalue weighted by Crippen LogP contribution is 2.44. The number of carbonyl (C=O) groups excluding carboxylic acids is 2. The Morgan fingerprint density at radius 1 is 1.03 bits per heavy atom. The lowest BCUT2D eigenvalue weighted by Gasteiger charge is -2.25. The van der Waals surface area contributed by atoms with E-state index in [9.17, 15) is 14.4 Å². The number of carboxylic acid groups (broad SMARTS) is 1. The quantitative estimate of drug-likeness (QED) is 0.498. The SMILES string of the molecule is CCCC(NC(=O)OCC1c2ccccc2-c2ccccc21)C(=O)NCC(C)(C)CC(=O)O. The van der Waals surface area contributed by atoms with Gasteiger partial charge in [-0.1, -0.05) is 75.7 Å². The van der Waals surface area contributed by atoms with Crippen LogP contribution in [0, 0.1) is 5.41 Å². The fourth-order valence-corrected chi connectivity index (χ4v) is 4.26. The molecule has 1 atom stereocenters. The Morgan fingerprint density at radius 3 is 2.15 bits per heavy atom. The number of rotatable bonds is 10. The maximum absolute atomic E-state index is 12.7. The number of hydrogen-bond acceptors (Lipinski definition) is 4. The third-order valence-corrected chi connectivity index (χ3v) is 5.90. The standard InChI is InChI=1S/C26H32N2O5/c1-4-9-22(24(31)27-16-26(2,3)14-23(29)30)28-25(32)33-15-21-19-12-7-5-10-17(19)18-11-6-8-13-20(18)21/h5-8,10-13,21-22H,4,9,14-16H2,1-3H3,(H,27,31)(H,28,32)(H,29,30). The Balaban J connectivity index is 1.59. The molecule has 0 saturated heterocycles. The Bertz CT molecular complexity index is 972. The lowest BCUT2D eigenvalue weighted by atomic mass is 9.89. The van der Waals surface area contributed by atoms with Crippen LogP contribution in [-0.2, 0) is 14.3 Å². The van der Waals surface area contributed by atoms with E-state index in [0.29, 0.717) is 12.8 Å². The lowest BCUT2D eigenvalue weighted by Crippen LogP contribution is -2.49. The number of fused-ring (bicyclic) bond motifs is 3. The van der Waals surface area contributed by atoms with Crippen LogP contribution < -0.4 is 10.6 Å². The molecule has 1 aliphatic rings. The van der Waals surface area contributed by atoms with Gasteiger partial charge in [-0.25, -0.2) is 4.79 Å². The number of carbonyl (C=O) groups is 3. The van der Waals surface area contributed by atoms with Crippen LogP contribution >= 0.6 is 0 Å². The molecule has 3 N–H and O–H groups in total. The van der Waals surface area contributed by atoms with Crippen molar-refractivity contribution < 1.29 is 24.2 Å². The molecule has 176 valence electrons. The number of nitrogens with one attached hydrogen (secondary N) is 2. The van der Waals surface area contributed by atoms with E-state index in [1.807, 2.05) is 43.3 Å². The van der Waals surface area contributed by atoms with Gasteiger partial charge in [0.25, 0.3) is 0 Å². The molecule has 7 heteroatoms. The first kappa shape index (κ1) is 24.3. The Morgan fingerprint density at radius 2 is 1.61 bits per heavy atom. The fraction of sp³-hybridized carbons (Fsp3) is 0.423.